The minimum Gasteiger partial charge on any atom is -0.391 e. The molecule has 4 rings (SSSR count). The molecule has 4 atom stereocenters. The zero-order valence-electron chi connectivity index (χ0n) is 21.5. The summed E-state index contributed by atoms with van der Waals surface area (Å²) < 4.78 is 29.4. The lowest BCUT2D eigenvalue weighted by molar-refractivity contribution is 0.0521. The first kappa shape index (κ1) is 27.1. The number of hydrogen-bond acceptors (Lipinski definition) is 7. The van der Waals surface area contributed by atoms with E-state index < -0.39 is 28.7 Å². The minimum atomic E-state index is -1.06. The maximum absolute atomic E-state index is 14.7. The molecule has 198 valence electrons. The Kier molecular flexibility index (Phi) is 7.71. The number of benzene rings is 1. The molecule has 1 fully saturated rings. The highest BCUT2D eigenvalue weighted by molar-refractivity contribution is 6.09. The fourth-order valence-corrected chi connectivity index (χ4v) is 4.82. The van der Waals surface area contributed by atoms with Crippen LogP contribution in [0.25, 0.3) is 6.08 Å². The molecular weight excluding hydrogens is 488 g/mol. The van der Waals surface area contributed by atoms with Crippen molar-refractivity contribution < 1.29 is 13.9 Å². The number of aliphatic hydroxyl groups is 1. The van der Waals surface area contributed by atoms with Crippen LogP contribution in [0.5, 0.6) is 0 Å². The third kappa shape index (κ3) is 5.64. The number of nitrogens with two attached hydrogens (primary N) is 1. The van der Waals surface area contributed by atoms with Gasteiger partial charge in [0.05, 0.1) is 52.6 Å². The van der Waals surface area contributed by atoms with E-state index in [9.17, 15) is 19.1 Å². The van der Waals surface area contributed by atoms with Gasteiger partial charge in [-0.05, 0) is 80.0 Å². The number of aliphatic hydroxyl groups excluding tert-OH is 1. The average molecular weight is 520 g/mol. The maximum Gasteiger partial charge on any atom is 0.205 e. The number of imidazole rings is 1. The van der Waals surface area contributed by atoms with Crippen molar-refractivity contribution in [1.29, 1.82) is 10.7 Å². The summed E-state index contributed by atoms with van der Waals surface area (Å²) in [4.78, 5) is 11.6. The second kappa shape index (κ2) is 10.8. The normalized spacial score (nSPS) is 21.8. The van der Waals surface area contributed by atoms with Gasteiger partial charge in [-0.25, -0.2) is 13.8 Å². The molecule has 6 N–H and O–H groups in total. The number of aromatic nitrogens is 3. The van der Waals surface area contributed by atoms with Gasteiger partial charge in [-0.2, -0.15) is 5.26 Å². The first-order valence-corrected chi connectivity index (χ1v) is 12.4. The first-order valence-electron chi connectivity index (χ1n) is 12.4. The Morgan fingerprint density at radius 3 is 2.66 bits per heavy atom. The third-order valence-electron chi connectivity index (χ3n) is 7.12. The largest absolute Gasteiger partial charge is 0.391 e. The van der Waals surface area contributed by atoms with E-state index >= 15 is 0 Å². The molecule has 1 aromatic carbocycles. The number of hydrogen-bond donors (Lipinski definition) is 5. The molecule has 0 radical (unpaired) electrons. The molecule has 4 unspecified atom stereocenters. The van der Waals surface area contributed by atoms with Crippen molar-refractivity contribution in [2.45, 2.75) is 57.1 Å². The molecule has 38 heavy (non-hydrogen) atoms. The SMILES string of the molecule is CC1CC(c2ccncc2Nc2ncc(/C=C\C(=N)c3c(F)cc(C(C)(C)C#N)cc3F)[nH]2)CC(N)C1O. The lowest BCUT2D eigenvalue weighted by Crippen LogP contribution is -2.44. The van der Waals surface area contributed by atoms with Crippen LogP contribution in [0.4, 0.5) is 20.4 Å². The van der Waals surface area contributed by atoms with Crippen LogP contribution in [0.1, 0.15) is 61.9 Å². The van der Waals surface area contributed by atoms with Crippen LogP contribution in [0.2, 0.25) is 0 Å². The molecule has 2 heterocycles. The van der Waals surface area contributed by atoms with Gasteiger partial charge in [0.15, 0.2) is 0 Å². The van der Waals surface area contributed by atoms with E-state index in [1.807, 2.05) is 19.1 Å². The molecule has 3 aromatic rings. The molecule has 0 amide bonds. The summed E-state index contributed by atoms with van der Waals surface area (Å²) in [5, 5.41) is 30.9. The lowest BCUT2D eigenvalue weighted by atomic mass is 9.74. The predicted octanol–water partition coefficient (Wildman–Crippen LogP) is 4.91. The average Bonchev–Trinajstić information content (AvgIpc) is 3.32. The van der Waals surface area contributed by atoms with Crippen molar-refractivity contribution in [1.82, 2.24) is 15.0 Å². The molecule has 8 nitrogen and oxygen atoms in total. The summed E-state index contributed by atoms with van der Waals surface area (Å²) in [6.45, 7) is 5.13. The van der Waals surface area contributed by atoms with Crippen LogP contribution in [0.3, 0.4) is 0 Å². The van der Waals surface area contributed by atoms with Gasteiger partial charge < -0.3 is 26.6 Å². The Bertz CT molecular complexity index is 1370. The van der Waals surface area contributed by atoms with Crippen molar-refractivity contribution in [3.63, 3.8) is 0 Å². The summed E-state index contributed by atoms with van der Waals surface area (Å²) in [5.41, 5.74) is 6.78. The summed E-state index contributed by atoms with van der Waals surface area (Å²) in [7, 11) is 0. The third-order valence-corrected chi connectivity index (χ3v) is 7.12. The van der Waals surface area contributed by atoms with Gasteiger partial charge in [0.25, 0.3) is 0 Å². The zero-order chi connectivity index (χ0) is 27.6. The number of nitrogens with zero attached hydrogens (tertiary/aromatic N) is 3. The molecular formula is C28H31F2N7O. The quantitative estimate of drug-likeness (QED) is 0.280. The predicted molar refractivity (Wildman–Crippen MR) is 142 cm³/mol. The van der Waals surface area contributed by atoms with Crippen molar-refractivity contribution in [3.8, 4) is 6.07 Å². The van der Waals surface area contributed by atoms with Crippen LogP contribution >= 0.6 is 0 Å². The van der Waals surface area contributed by atoms with E-state index in [1.54, 1.807) is 26.2 Å². The molecule has 0 bridgehead atoms. The highest BCUT2D eigenvalue weighted by Crippen LogP contribution is 2.39. The van der Waals surface area contributed by atoms with Gasteiger partial charge in [-0.3, -0.25) is 4.98 Å². The van der Waals surface area contributed by atoms with Crippen molar-refractivity contribution in [3.05, 3.63) is 76.9 Å². The highest BCUT2D eigenvalue weighted by atomic mass is 19.1. The number of pyridine rings is 1. The number of nitrogens with one attached hydrogen (secondary N) is 3. The summed E-state index contributed by atoms with van der Waals surface area (Å²) >= 11 is 0. The number of aromatic amines is 1. The van der Waals surface area contributed by atoms with Crippen LogP contribution < -0.4 is 11.1 Å². The smallest absolute Gasteiger partial charge is 0.205 e. The molecule has 1 aliphatic rings. The fraction of sp³-hybridized carbons (Fsp3) is 0.357. The van der Waals surface area contributed by atoms with Crippen LogP contribution in [-0.4, -0.2) is 37.9 Å². The maximum atomic E-state index is 14.7. The van der Waals surface area contributed by atoms with E-state index in [0.717, 1.165) is 29.8 Å². The van der Waals surface area contributed by atoms with E-state index in [0.29, 0.717) is 18.1 Å². The molecule has 10 heteroatoms. The van der Waals surface area contributed by atoms with Crippen molar-refractivity contribution in [2.24, 2.45) is 11.7 Å². The highest BCUT2D eigenvalue weighted by Gasteiger charge is 2.34. The molecule has 0 aliphatic heterocycles. The molecule has 1 aliphatic carbocycles. The number of halogens is 2. The minimum absolute atomic E-state index is 0.0733. The number of nitriles is 1. The van der Waals surface area contributed by atoms with Crippen LogP contribution in [0.15, 0.2) is 42.9 Å². The molecule has 2 aromatic heterocycles. The second-order valence-corrected chi connectivity index (χ2v) is 10.4. The molecule has 0 saturated heterocycles. The summed E-state index contributed by atoms with van der Waals surface area (Å²) in [6, 6.07) is 5.83. The van der Waals surface area contributed by atoms with Crippen molar-refractivity contribution in [2.75, 3.05) is 5.32 Å². The fourth-order valence-electron chi connectivity index (χ4n) is 4.82. The van der Waals surface area contributed by atoms with Gasteiger partial charge in [-0.15, -0.1) is 0 Å². The second-order valence-electron chi connectivity index (χ2n) is 10.4. The number of anilines is 2. The number of H-pyrrole nitrogens is 1. The Morgan fingerprint density at radius 1 is 1.29 bits per heavy atom. The van der Waals surface area contributed by atoms with E-state index in [-0.39, 0.29) is 29.2 Å². The summed E-state index contributed by atoms with van der Waals surface area (Å²) in [6.07, 6.45) is 8.65. The number of rotatable bonds is 7. The monoisotopic (exact) mass is 519 g/mol. The summed E-state index contributed by atoms with van der Waals surface area (Å²) in [5.74, 6) is -1.15. The Labute approximate surface area is 220 Å². The molecule has 1 saturated carbocycles. The Balaban J connectivity index is 1.49. The van der Waals surface area contributed by atoms with Crippen molar-refractivity contribution >= 4 is 23.4 Å². The molecule has 0 spiro atoms. The van der Waals surface area contributed by atoms with E-state index in [4.69, 9.17) is 11.1 Å². The van der Waals surface area contributed by atoms with Gasteiger partial charge in [-0.1, -0.05) is 6.92 Å². The van der Waals surface area contributed by atoms with Gasteiger partial charge in [0.1, 0.15) is 11.6 Å². The van der Waals surface area contributed by atoms with Gasteiger partial charge in [0.2, 0.25) is 5.95 Å². The zero-order valence-corrected chi connectivity index (χ0v) is 21.5. The first-order chi connectivity index (χ1) is 18.0. The Hall–Kier alpha value is -3.94. The van der Waals surface area contributed by atoms with Crippen LogP contribution in [0, 0.1) is 34.3 Å². The standard InChI is InChI=1S/C28H31F2N7O/c1-15-8-16(9-23(33)26(15)38)19-6-7-34-13-24(19)37-27-35-12-18(36-27)4-5-22(32)25-20(29)10-17(11-21(25)30)28(2,3)14-31/h4-7,10-13,15-16,23,26,32,38H,8-9,33H2,1-3H3,(H2,35,36,37)/b5-4-,32-22?. The van der Waals surface area contributed by atoms with Gasteiger partial charge in [0, 0.05) is 12.2 Å². The van der Waals surface area contributed by atoms with E-state index in [1.165, 1.54) is 18.3 Å². The van der Waals surface area contributed by atoms with Crippen LogP contribution in [-0.2, 0) is 5.41 Å². The Morgan fingerprint density at radius 2 is 2.00 bits per heavy atom. The van der Waals surface area contributed by atoms with Gasteiger partial charge >= 0.3 is 0 Å². The topological polar surface area (TPSA) is 147 Å². The lowest BCUT2D eigenvalue weighted by Gasteiger charge is -2.36. The number of allylic oxidation sites excluding steroid dienone is 1. The van der Waals surface area contributed by atoms with E-state index in [2.05, 4.69) is 20.3 Å².